The molecule has 26 heteroatoms. The summed E-state index contributed by atoms with van der Waals surface area (Å²) >= 11 is 5.94. The van der Waals surface area contributed by atoms with Gasteiger partial charge >= 0.3 is 0 Å². The van der Waals surface area contributed by atoms with Crippen LogP contribution in [0.1, 0.15) is 319 Å². The number of hydrogen-bond acceptors (Lipinski definition) is 20. The van der Waals surface area contributed by atoms with Gasteiger partial charge in [-0.05, 0) is 284 Å². The highest BCUT2D eigenvalue weighted by Crippen LogP contribution is 2.48. The Morgan fingerprint density at radius 1 is 0.329 bits per heavy atom. The molecule has 2 N–H and O–H groups in total. The molecule has 146 heavy (non-hydrogen) atoms. The van der Waals surface area contributed by atoms with Crippen LogP contribution in [0, 0.1) is 62.2 Å². The summed E-state index contributed by atoms with van der Waals surface area (Å²) in [5, 5.41) is 5.89. The normalized spacial score (nSPS) is 17.6. The van der Waals surface area contributed by atoms with E-state index in [0.717, 1.165) is 227 Å². The average molecular weight is 2020 g/mol. The van der Waals surface area contributed by atoms with Crippen molar-refractivity contribution in [1.29, 1.82) is 0 Å². The lowest BCUT2D eigenvalue weighted by Gasteiger charge is -2.31. The van der Waals surface area contributed by atoms with Gasteiger partial charge in [0.05, 0.1) is 84.8 Å². The number of carbonyl (C=O) groups is 10. The Morgan fingerprint density at radius 3 is 0.877 bits per heavy atom. The van der Waals surface area contributed by atoms with E-state index in [9.17, 15) is 47.9 Å². The van der Waals surface area contributed by atoms with Crippen LogP contribution in [0.2, 0.25) is 0 Å². The number of para-hydroxylation sites is 2. The summed E-state index contributed by atoms with van der Waals surface area (Å²) in [6.45, 7) is 14.5. The predicted octanol–water partition coefficient (Wildman–Crippen LogP) is 28.7. The number of rotatable bonds is 30. The van der Waals surface area contributed by atoms with E-state index in [1.807, 2.05) is 248 Å². The smallest absolute Gasteiger partial charge is 0.221 e. The van der Waals surface area contributed by atoms with E-state index >= 15 is 0 Å². The van der Waals surface area contributed by atoms with Crippen molar-refractivity contribution in [3.63, 3.8) is 0 Å². The van der Waals surface area contributed by atoms with Crippen molar-refractivity contribution < 1.29 is 47.9 Å². The quantitative estimate of drug-likeness (QED) is 0.0312. The van der Waals surface area contributed by atoms with Crippen molar-refractivity contribution >= 4 is 159 Å². The maximum Gasteiger partial charge on any atom is 0.221 e. The van der Waals surface area contributed by atoms with E-state index in [4.69, 9.17) is 32.8 Å². The van der Waals surface area contributed by atoms with Gasteiger partial charge in [-0.25, -0.2) is 19.9 Å². The molecular weight excluding hydrogens is 1900 g/mol. The van der Waals surface area contributed by atoms with E-state index in [1.54, 1.807) is 35.1 Å². The third kappa shape index (κ3) is 23.9. The van der Waals surface area contributed by atoms with E-state index in [1.165, 1.54) is 41.4 Å². The second-order valence-corrected chi connectivity index (χ2v) is 43.5. The van der Waals surface area contributed by atoms with Crippen molar-refractivity contribution in [3.8, 4) is 70.5 Å². The van der Waals surface area contributed by atoms with Crippen LogP contribution in [0.15, 0.2) is 219 Å². The topological polar surface area (TPSA) is 292 Å². The molecule has 10 aromatic heterocycles. The average Bonchev–Trinajstić information content (AvgIpc) is 1.61. The van der Waals surface area contributed by atoms with Crippen molar-refractivity contribution in [3.05, 3.63) is 280 Å². The van der Waals surface area contributed by atoms with Crippen LogP contribution in [0.3, 0.4) is 0 Å². The monoisotopic (exact) mass is 2020 g/mol. The molecule has 744 valence electrons. The fourth-order valence-electron chi connectivity index (χ4n) is 21.5. The number of anilines is 2. The number of nitrogens with zero attached hydrogens (tertiary/aromatic N) is 10. The second kappa shape index (κ2) is 47.3. The van der Waals surface area contributed by atoms with Crippen molar-refractivity contribution in [2.45, 2.75) is 234 Å². The molecule has 0 aliphatic heterocycles. The number of hydrogen-bond donors (Lipinski definition) is 2. The minimum atomic E-state index is -0.154. The van der Waals surface area contributed by atoms with Crippen LogP contribution in [0.25, 0.3) is 89.9 Å². The number of terminal acetylenes is 2. The molecule has 2 amide bonds. The fourth-order valence-corrected chi connectivity index (χ4v) is 24.7. The largest absolute Gasteiger partial charge is 0.326 e. The summed E-state index contributed by atoms with van der Waals surface area (Å²) < 4.78 is 9.14. The number of fused-ring (bicyclic) bond motifs is 4. The summed E-state index contributed by atoms with van der Waals surface area (Å²) in [6.07, 6.45) is 34.4. The molecule has 10 heterocycles. The van der Waals surface area contributed by atoms with E-state index in [0.29, 0.717) is 103 Å². The first-order valence-electron chi connectivity index (χ1n) is 51.0. The molecule has 4 aliphatic rings. The number of amides is 2. The first-order chi connectivity index (χ1) is 70.8. The van der Waals surface area contributed by atoms with Crippen molar-refractivity contribution in [1.82, 2.24) is 48.2 Å². The molecule has 22 nitrogen and oxygen atoms in total. The number of pyridine rings is 2. The zero-order chi connectivity index (χ0) is 102. The fraction of sp³-hybridized carbons (Fsp3) is 0.333. The molecule has 4 fully saturated rings. The maximum atomic E-state index is 13.1. The van der Waals surface area contributed by atoms with Gasteiger partial charge in [0, 0.05) is 145 Å². The third-order valence-electron chi connectivity index (χ3n) is 28.5. The van der Waals surface area contributed by atoms with Gasteiger partial charge in [-0.15, -0.1) is 58.2 Å². The highest BCUT2D eigenvalue weighted by molar-refractivity contribution is 7.15. The van der Waals surface area contributed by atoms with Crippen molar-refractivity contribution in [2.24, 2.45) is 23.7 Å². The van der Waals surface area contributed by atoms with Gasteiger partial charge in [-0.3, -0.25) is 57.9 Å². The van der Waals surface area contributed by atoms with Gasteiger partial charge < -0.3 is 28.9 Å². The molecule has 0 radical (unpaired) electrons. The van der Waals surface area contributed by atoms with E-state index < -0.39 is 0 Å². The zero-order valence-corrected chi connectivity index (χ0v) is 87.0. The molecule has 16 aromatic rings. The molecular formula is C120H120N12O10S4. The molecule has 0 saturated heterocycles. The van der Waals surface area contributed by atoms with Gasteiger partial charge in [0.15, 0.2) is 57.9 Å². The summed E-state index contributed by atoms with van der Waals surface area (Å²) in [7, 11) is 0. The first-order valence-corrected chi connectivity index (χ1v) is 54.2. The van der Waals surface area contributed by atoms with Crippen LogP contribution < -0.4 is 10.6 Å². The summed E-state index contributed by atoms with van der Waals surface area (Å²) in [6, 6.07) is 66.2. The minimum absolute atomic E-state index is 0.0736. The molecule has 4 saturated carbocycles. The highest BCUT2D eigenvalue weighted by atomic mass is 32.1. The first kappa shape index (κ1) is 103. The molecule has 0 bridgehead atoms. The van der Waals surface area contributed by atoms with Crippen LogP contribution in [0.4, 0.5) is 11.4 Å². The van der Waals surface area contributed by atoms with Gasteiger partial charge in [-0.2, -0.15) is 0 Å². The highest BCUT2D eigenvalue weighted by Gasteiger charge is 2.36. The number of carbonyl (C=O) groups excluding carboxylic acids is 10. The minimum Gasteiger partial charge on any atom is -0.326 e. The van der Waals surface area contributed by atoms with Crippen LogP contribution in [-0.2, 0) is 9.59 Å². The Balaban J connectivity index is 0.000000133. The Kier molecular flexibility index (Phi) is 33.4. The lowest BCUT2D eigenvalue weighted by Crippen LogP contribution is -2.22. The van der Waals surface area contributed by atoms with E-state index in [-0.39, 0.29) is 88.2 Å². The Labute approximate surface area is 867 Å². The zero-order valence-electron chi connectivity index (χ0n) is 83.7. The third-order valence-corrected chi connectivity index (χ3v) is 32.7. The van der Waals surface area contributed by atoms with Gasteiger partial charge in [0.25, 0.3) is 0 Å². The maximum absolute atomic E-state index is 13.1. The number of aromatic nitrogens is 10. The molecule has 0 spiro atoms. The predicted molar refractivity (Wildman–Crippen MR) is 586 cm³/mol. The molecule has 0 unspecified atom stereocenters. The van der Waals surface area contributed by atoms with Crippen molar-refractivity contribution in [2.75, 3.05) is 10.6 Å². The summed E-state index contributed by atoms with van der Waals surface area (Å²) in [5.41, 5.74) is 14.5. The molecule has 6 aromatic carbocycles. The van der Waals surface area contributed by atoms with Crippen LogP contribution in [-0.4, -0.2) is 106 Å². The number of nitrogens with one attached hydrogen (secondary N) is 2. The molecule has 4 aliphatic carbocycles. The summed E-state index contributed by atoms with van der Waals surface area (Å²) in [4.78, 5) is 162. The van der Waals surface area contributed by atoms with Crippen LogP contribution >= 0.6 is 45.3 Å². The van der Waals surface area contributed by atoms with Gasteiger partial charge in [-0.1, -0.05) is 102 Å². The lowest BCUT2D eigenvalue weighted by molar-refractivity contribution is -0.115. The standard InChI is InChI=1S/C32H31N3O3S.C31H33N3O3S.C29H27N3O2S.C28H29N3O2S/c1-4-24-14-16-31(39-24)30(38)18-21-9-8-10-23(17-21)35-28-15-13-22(29(37)5-2)19-27(28)34-32(35)25-11-6-7-12-26(25)33-20(3)36;1-4-28(36)22-13-14-27-26(18-22)33-31(24-10-5-6-11-25(24)32-20(3)35)34(27)23-9-7-8-21(16-23)17-29(37)30-15-12-19(2)38-30;1-3-22-12-14-28(35-22)27(34)17-19-8-7-9-21(16-19)32-25-13-11-20(26(33)4-2)18-24(25)31-29(32)23-10-5-6-15-30-23;1-3-25(32)20-11-12-24-23(17-20)30-28(22-9-4-5-14-29-22)31(24)21-8-6-7-19(15-21)16-26(33)27-13-10-18(2)34-27/h1,6-7,11-16,19,21,23H,5,8-10,17-18H2,2-3H3,(H,33,36);5-6,10-15,18,21,23H,4,7-9,16-17H2,1-3H3,(H,32,35);1,5-6,10-15,18-19,21H,4,7-9,16-17H2,2H3;4-5,9-14,17,19,21H,3,6-8,15-16H2,1-2H3/t2*21-,23+;2*19-,21+/m1111/s1. The second-order valence-electron chi connectivity index (χ2n) is 38.7. The Hall–Kier alpha value is -14.3. The number of ketones is 8. The lowest BCUT2D eigenvalue weighted by atomic mass is 9.82. The Morgan fingerprint density at radius 2 is 0.610 bits per heavy atom. The van der Waals surface area contributed by atoms with Gasteiger partial charge in [0.1, 0.15) is 23.0 Å². The number of thiophene rings is 4. The number of imidazole rings is 4. The van der Waals surface area contributed by atoms with E-state index in [2.05, 4.69) is 50.7 Å². The SMILES string of the molecule is C#Cc1ccc(C(=O)C[C@@H]2CCC[C@H](n3c(-c4ccccc4NC(C)=O)nc4cc(C(=O)CC)ccc43)C2)s1.C#Cc1ccc(C(=O)C[C@@H]2CCC[C@H](n3c(-c4ccccn4)nc4cc(C(=O)CC)ccc43)C2)s1.CCC(=O)c1ccc2c(c1)nc(-c1ccccc1NC(C)=O)n2[C@H]1CCC[C@@H](CC(=O)c2ccc(C)s2)C1.CCC(=O)c1ccc2c(c1)nc(-c1ccccn1)n2[C@H]1CCC[C@@H](CC(=O)c2ccc(C)s2)C1. The number of Topliss-reactive ketones (excluding diaryl/α,β-unsaturated/α-hetero) is 8. The Bertz CT molecular complexity index is 7680. The molecule has 20 rings (SSSR count). The summed E-state index contributed by atoms with van der Waals surface area (Å²) in [5.74, 6) is 10.5. The van der Waals surface area contributed by atoms with Gasteiger partial charge in [0.2, 0.25) is 11.8 Å². The number of aryl methyl sites for hydroxylation is 2. The molecule has 8 atom stereocenters. The van der Waals surface area contributed by atoms with Crippen LogP contribution in [0.5, 0.6) is 0 Å². The number of benzene rings is 6.